The number of aromatic nitrogens is 1. The van der Waals surface area contributed by atoms with Gasteiger partial charge in [-0.15, -0.1) is 0 Å². The molecule has 1 aliphatic carbocycles. The Labute approximate surface area is 142 Å². The number of esters is 2. The summed E-state index contributed by atoms with van der Waals surface area (Å²) >= 11 is 0. The molecule has 1 heterocycles. The zero-order valence-corrected chi connectivity index (χ0v) is 15.8. The van der Waals surface area contributed by atoms with Crippen LogP contribution in [0, 0.1) is 5.41 Å². The van der Waals surface area contributed by atoms with Gasteiger partial charge in [-0.25, -0.2) is 0 Å². The summed E-state index contributed by atoms with van der Waals surface area (Å²) in [4.78, 5) is 28.7. The van der Waals surface area contributed by atoms with Gasteiger partial charge in [-0.3, -0.25) is 9.59 Å². The Morgan fingerprint density at radius 1 is 1.08 bits per heavy atom. The second kappa shape index (κ2) is 5.48. The maximum atomic E-state index is 12.6. The Morgan fingerprint density at radius 3 is 2.25 bits per heavy atom. The Hall–Kier alpha value is -2.08. The zero-order chi connectivity index (χ0) is 17.7. The van der Waals surface area contributed by atoms with E-state index in [2.05, 4.69) is 30.7 Å². The summed E-state index contributed by atoms with van der Waals surface area (Å²) in [5.74, 6) is -1.06. The number of ether oxygens (including phenoxy) is 2. The van der Waals surface area contributed by atoms with E-state index in [1.54, 1.807) is 0 Å². The summed E-state index contributed by atoms with van der Waals surface area (Å²) < 4.78 is 9.98. The van der Waals surface area contributed by atoms with E-state index >= 15 is 0 Å². The molecule has 0 aliphatic heterocycles. The molecule has 0 spiro atoms. The molecule has 1 N–H and O–H groups in total. The fraction of sp³-hybridized carbons (Fsp3) is 0.444. The summed E-state index contributed by atoms with van der Waals surface area (Å²) in [6.45, 7) is 6.75. The van der Waals surface area contributed by atoms with Crippen LogP contribution in [0.15, 0.2) is 18.2 Å². The predicted octanol–water partition coefficient (Wildman–Crippen LogP) is 2.14. The number of rotatable bonds is 3. The lowest BCUT2D eigenvalue weighted by atomic mass is 9.72. The first-order valence-corrected chi connectivity index (χ1v) is 11.5. The van der Waals surface area contributed by atoms with E-state index < -0.39 is 25.4 Å². The average molecular weight is 345 g/mol. The van der Waals surface area contributed by atoms with Crippen molar-refractivity contribution in [1.82, 2.24) is 4.98 Å². The van der Waals surface area contributed by atoms with Gasteiger partial charge < -0.3 is 14.5 Å². The first kappa shape index (κ1) is 16.8. The Bertz CT molecular complexity index is 815. The molecule has 0 radical (unpaired) electrons. The van der Waals surface area contributed by atoms with Crippen molar-refractivity contribution in [3.8, 4) is 0 Å². The van der Waals surface area contributed by atoms with E-state index in [-0.39, 0.29) is 0 Å². The second-order valence-electron chi connectivity index (χ2n) is 7.49. The van der Waals surface area contributed by atoms with E-state index in [1.807, 2.05) is 12.1 Å². The van der Waals surface area contributed by atoms with Crippen LogP contribution in [-0.2, 0) is 31.9 Å². The molecule has 0 atom stereocenters. The fourth-order valence-electron chi connectivity index (χ4n) is 3.81. The molecule has 1 aromatic carbocycles. The first-order chi connectivity index (χ1) is 11.2. The number of carbonyl (C=O) groups is 2. The lowest BCUT2D eigenvalue weighted by molar-refractivity contribution is -0.169. The molecule has 0 saturated heterocycles. The number of aromatic amines is 1. The van der Waals surface area contributed by atoms with Crippen molar-refractivity contribution < 1.29 is 19.1 Å². The van der Waals surface area contributed by atoms with E-state index in [4.69, 9.17) is 9.47 Å². The quantitative estimate of drug-likeness (QED) is 0.526. The molecule has 0 saturated carbocycles. The van der Waals surface area contributed by atoms with Crippen LogP contribution in [0.25, 0.3) is 10.9 Å². The molecule has 0 bridgehead atoms. The molecular formula is C18H23NO4Si. The van der Waals surface area contributed by atoms with Crippen molar-refractivity contribution in [3.05, 3.63) is 29.3 Å². The number of nitrogens with one attached hydrogen (secondary N) is 1. The lowest BCUT2D eigenvalue weighted by Crippen LogP contribution is -2.49. The number of hydrogen-bond acceptors (Lipinski definition) is 4. The molecule has 0 unspecified atom stereocenters. The SMILES string of the molecule is COC(=O)C1(C(=O)OC)Cc2cccc3[nH]c([Si](C)(C)C)c(c23)C1. The van der Waals surface area contributed by atoms with Gasteiger partial charge in [0.2, 0.25) is 0 Å². The second-order valence-corrected chi connectivity index (χ2v) is 12.5. The molecule has 1 aliphatic rings. The highest BCUT2D eigenvalue weighted by atomic mass is 28.3. The minimum atomic E-state index is -1.68. The van der Waals surface area contributed by atoms with Crippen LogP contribution < -0.4 is 5.32 Å². The van der Waals surface area contributed by atoms with Crippen molar-refractivity contribution >= 4 is 36.2 Å². The monoisotopic (exact) mass is 345 g/mol. The van der Waals surface area contributed by atoms with Gasteiger partial charge in [0, 0.05) is 29.1 Å². The van der Waals surface area contributed by atoms with Crippen LogP contribution in [0.4, 0.5) is 0 Å². The van der Waals surface area contributed by atoms with E-state index in [1.165, 1.54) is 19.5 Å². The van der Waals surface area contributed by atoms with E-state index in [0.29, 0.717) is 12.8 Å². The highest BCUT2D eigenvalue weighted by molar-refractivity contribution is 6.88. The van der Waals surface area contributed by atoms with Crippen molar-refractivity contribution in [1.29, 1.82) is 0 Å². The molecule has 6 heteroatoms. The molecule has 24 heavy (non-hydrogen) atoms. The van der Waals surface area contributed by atoms with Gasteiger partial charge in [0.25, 0.3) is 0 Å². The molecule has 5 nitrogen and oxygen atoms in total. The van der Waals surface area contributed by atoms with Crippen molar-refractivity contribution in [3.63, 3.8) is 0 Å². The van der Waals surface area contributed by atoms with Crippen LogP contribution in [0.3, 0.4) is 0 Å². The van der Waals surface area contributed by atoms with Gasteiger partial charge >= 0.3 is 11.9 Å². The number of H-pyrrole nitrogens is 1. The van der Waals surface area contributed by atoms with Gasteiger partial charge in [-0.2, -0.15) is 0 Å². The largest absolute Gasteiger partial charge is 0.468 e. The summed E-state index contributed by atoms with van der Waals surface area (Å²) in [6, 6.07) is 5.99. The molecule has 128 valence electrons. The fourth-order valence-corrected chi connectivity index (χ4v) is 5.44. The first-order valence-electron chi connectivity index (χ1n) is 8.04. The van der Waals surface area contributed by atoms with Gasteiger partial charge in [0.1, 0.15) is 0 Å². The topological polar surface area (TPSA) is 68.4 Å². The van der Waals surface area contributed by atoms with Gasteiger partial charge in [-0.05, 0) is 17.2 Å². The number of hydrogen-bond donors (Lipinski definition) is 1. The lowest BCUT2D eigenvalue weighted by Gasteiger charge is -2.33. The molecular weight excluding hydrogens is 322 g/mol. The smallest absolute Gasteiger partial charge is 0.323 e. The maximum absolute atomic E-state index is 12.6. The normalized spacial score (nSPS) is 16.0. The van der Waals surface area contributed by atoms with Crippen LogP contribution in [0.2, 0.25) is 19.6 Å². The Morgan fingerprint density at radius 2 is 1.71 bits per heavy atom. The number of carbonyl (C=O) groups excluding carboxylic acids is 2. The predicted molar refractivity (Wildman–Crippen MR) is 95.2 cm³/mol. The van der Waals surface area contributed by atoms with Crippen molar-refractivity contribution in [2.75, 3.05) is 14.2 Å². The Balaban J connectivity index is 2.29. The highest BCUT2D eigenvalue weighted by Crippen LogP contribution is 2.40. The van der Waals surface area contributed by atoms with Crippen LogP contribution >= 0.6 is 0 Å². The van der Waals surface area contributed by atoms with Crippen molar-refractivity contribution in [2.45, 2.75) is 32.5 Å². The maximum Gasteiger partial charge on any atom is 0.323 e. The van der Waals surface area contributed by atoms with Crippen LogP contribution in [-0.4, -0.2) is 39.2 Å². The van der Waals surface area contributed by atoms with Gasteiger partial charge in [-0.1, -0.05) is 31.8 Å². The van der Waals surface area contributed by atoms with Crippen LogP contribution in [0.1, 0.15) is 11.1 Å². The molecule has 0 fully saturated rings. The van der Waals surface area contributed by atoms with Crippen LogP contribution in [0.5, 0.6) is 0 Å². The summed E-state index contributed by atoms with van der Waals surface area (Å²) in [7, 11) is 0.955. The molecule has 1 aromatic heterocycles. The molecule has 0 amide bonds. The number of methoxy groups -OCH3 is 2. The third kappa shape index (κ3) is 2.28. The summed E-state index contributed by atoms with van der Waals surface area (Å²) in [5, 5.41) is 2.33. The summed E-state index contributed by atoms with van der Waals surface area (Å²) in [5.41, 5.74) is 1.83. The zero-order valence-electron chi connectivity index (χ0n) is 14.8. The van der Waals surface area contributed by atoms with Gasteiger partial charge in [0.15, 0.2) is 5.41 Å². The van der Waals surface area contributed by atoms with E-state index in [9.17, 15) is 9.59 Å². The number of benzene rings is 1. The highest BCUT2D eigenvalue weighted by Gasteiger charge is 2.52. The molecule has 3 rings (SSSR count). The van der Waals surface area contributed by atoms with Gasteiger partial charge in [0.05, 0.1) is 22.3 Å². The van der Waals surface area contributed by atoms with E-state index in [0.717, 1.165) is 22.0 Å². The molecule has 2 aromatic rings. The van der Waals surface area contributed by atoms with Crippen molar-refractivity contribution in [2.24, 2.45) is 5.41 Å². The standard InChI is InChI=1S/C18H23NO4Si/c1-22-16(20)18(17(21)23-2)9-11-7-6-8-13-14(11)12(10-18)15(19-13)24(3,4)5/h6-8,19H,9-10H2,1-5H3. The minimum absolute atomic E-state index is 0.305. The summed E-state index contributed by atoms with van der Waals surface area (Å²) in [6.07, 6.45) is 0.628. The average Bonchev–Trinajstić information content (AvgIpc) is 2.93. The Kier molecular flexibility index (Phi) is 3.83. The third-order valence-corrected chi connectivity index (χ3v) is 6.81. The third-order valence-electron chi connectivity index (χ3n) is 4.89. The minimum Gasteiger partial charge on any atom is -0.468 e.